The summed E-state index contributed by atoms with van der Waals surface area (Å²) in [7, 11) is 1.63. The number of amides is 1. The van der Waals surface area contributed by atoms with Crippen LogP contribution in [0.5, 0.6) is 11.5 Å². The highest BCUT2D eigenvalue weighted by Gasteiger charge is 2.16. The molecule has 4 heteroatoms. The summed E-state index contributed by atoms with van der Waals surface area (Å²) < 4.78 is 11.2. The molecule has 2 aromatic rings. The smallest absolute Gasteiger partial charge is 0.258 e. The van der Waals surface area contributed by atoms with Gasteiger partial charge in [0.25, 0.3) is 5.91 Å². The summed E-state index contributed by atoms with van der Waals surface area (Å²) in [5, 5.41) is 2.98. The lowest BCUT2D eigenvalue weighted by atomic mass is 9.91. The van der Waals surface area contributed by atoms with Gasteiger partial charge in [-0.25, -0.2) is 0 Å². The summed E-state index contributed by atoms with van der Waals surface area (Å²) in [5.74, 6) is 1.48. The fourth-order valence-corrected chi connectivity index (χ4v) is 3.41. The van der Waals surface area contributed by atoms with E-state index in [1.165, 1.54) is 24.0 Å². The van der Waals surface area contributed by atoms with Crippen LogP contribution < -0.4 is 14.8 Å². The SMILES string of the molecule is COc1ccccc1C(C)NC(=O)COc1cccc2c1CCCC2. The highest BCUT2D eigenvalue weighted by molar-refractivity contribution is 5.78. The molecule has 4 nitrogen and oxygen atoms in total. The van der Waals surface area contributed by atoms with E-state index < -0.39 is 0 Å². The predicted molar refractivity (Wildman–Crippen MR) is 98.1 cm³/mol. The van der Waals surface area contributed by atoms with Gasteiger partial charge in [0.05, 0.1) is 13.2 Å². The van der Waals surface area contributed by atoms with Crippen LogP contribution in [0.3, 0.4) is 0 Å². The Morgan fingerprint density at radius 1 is 1.08 bits per heavy atom. The fourth-order valence-electron chi connectivity index (χ4n) is 3.41. The quantitative estimate of drug-likeness (QED) is 0.870. The van der Waals surface area contributed by atoms with Crippen LogP contribution in [0, 0.1) is 0 Å². The molecule has 0 bridgehead atoms. The zero-order valence-corrected chi connectivity index (χ0v) is 14.9. The van der Waals surface area contributed by atoms with E-state index in [1.807, 2.05) is 43.3 Å². The minimum Gasteiger partial charge on any atom is -0.496 e. The van der Waals surface area contributed by atoms with Crippen LogP contribution in [-0.4, -0.2) is 19.6 Å². The second kappa shape index (κ2) is 8.06. The van der Waals surface area contributed by atoms with E-state index in [9.17, 15) is 4.79 Å². The van der Waals surface area contributed by atoms with Gasteiger partial charge < -0.3 is 14.8 Å². The van der Waals surface area contributed by atoms with Crippen molar-refractivity contribution in [3.8, 4) is 11.5 Å². The molecule has 25 heavy (non-hydrogen) atoms. The zero-order valence-electron chi connectivity index (χ0n) is 14.9. The number of carbonyl (C=O) groups is 1. The van der Waals surface area contributed by atoms with Gasteiger partial charge >= 0.3 is 0 Å². The number of carbonyl (C=O) groups excluding carboxylic acids is 1. The first-order valence-electron chi connectivity index (χ1n) is 8.85. The van der Waals surface area contributed by atoms with Crippen molar-refractivity contribution in [2.45, 2.75) is 38.6 Å². The van der Waals surface area contributed by atoms with Crippen LogP contribution in [0.25, 0.3) is 0 Å². The number of methoxy groups -OCH3 is 1. The number of hydrogen-bond acceptors (Lipinski definition) is 3. The number of fused-ring (bicyclic) bond motifs is 1. The maximum atomic E-state index is 12.3. The lowest BCUT2D eigenvalue weighted by molar-refractivity contribution is -0.123. The topological polar surface area (TPSA) is 47.6 Å². The summed E-state index contributed by atoms with van der Waals surface area (Å²) >= 11 is 0. The summed E-state index contributed by atoms with van der Waals surface area (Å²) in [4.78, 5) is 12.3. The number of hydrogen-bond donors (Lipinski definition) is 1. The third-order valence-corrected chi connectivity index (χ3v) is 4.69. The maximum absolute atomic E-state index is 12.3. The number of nitrogens with one attached hydrogen (secondary N) is 1. The summed E-state index contributed by atoms with van der Waals surface area (Å²) in [6.45, 7) is 1.97. The van der Waals surface area contributed by atoms with Crippen molar-refractivity contribution in [2.75, 3.05) is 13.7 Å². The van der Waals surface area contributed by atoms with E-state index in [0.717, 1.165) is 29.9 Å². The molecule has 0 saturated carbocycles. The van der Waals surface area contributed by atoms with Gasteiger partial charge in [-0.15, -0.1) is 0 Å². The van der Waals surface area contributed by atoms with Crippen molar-refractivity contribution < 1.29 is 14.3 Å². The molecule has 1 unspecified atom stereocenters. The van der Waals surface area contributed by atoms with E-state index in [-0.39, 0.29) is 18.6 Å². The monoisotopic (exact) mass is 339 g/mol. The third kappa shape index (κ3) is 4.13. The van der Waals surface area contributed by atoms with Gasteiger partial charge in [0.15, 0.2) is 6.61 Å². The third-order valence-electron chi connectivity index (χ3n) is 4.69. The molecule has 1 aliphatic carbocycles. The molecule has 0 aromatic heterocycles. The molecule has 1 N–H and O–H groups in total. The van der Waals surface area contributed by atoms with E-state index in [4.69, 9.17) is 9.47 Å². The molecule has 0 spiro atoms. The zero-order chi connectivity index (χ0) is 17.6. The number of benzene rings is 2. The predicted octanol–water partition coefficient (Wildman–Crippen LogP) is 3.83. The van der Waals surface area contributed by atoms with Gasteiger partial charge in [0.1, 0.15) is 11.5 Å². The van der Waals surface area contributed by atoms with Gasteiger partial charge in [-0.05, 0) is 55.9 Å². The van der Waals surface area contributed by atoms with Crippen LogP contribution in [0.15, 0.2) is 42.5 Å². The first-order valence-corrected chi connectivity index (χ1v) is 8.85. The number of aryl methyl sites for hydroxylation is 1. The Hall–Kier alpha value is -2.49. The molecule has 3 rings (SSSR count). The first kappa shape index (κ1) is 17.3. The molecule has 0 heterocycles. The molecule has 1 atom stereocenters. The maximum Gasteiger partial charge on any atom is 0.258 e. The molecule has 1 aliphatic rings. The van der Waals surface area contributed by atoms with Crippen molar-refractivity contribution in [3.05, 3.63) is 59.2 Å². The van der Waals surface area contributed by atoms with Gasteiger partial charge in [0, 0.05) is 5.56 Å². The molecule has 0 aliphatic heterocycles. The molecule has 0 fully saturated rings. The van der Waals surface area contributed by atoms with Crippen LogP contribution >= 0.6 is 0 Å². The van der Waals surface area contributed by atoms with Crippen LogP contribution in [-0.2, 0) is 17.6 Å². The first-order chi connectivity index (χ1) is 12.2. The minimum atomic E-state index is -0.142. The summed E-state index contributed by atoms with van der Waals surface area (Å²) in [6.07, 6.45) is 4.55. The molecule has 0 radical (unpaired) electrons. The Labute approximate surface area is 149 Å². The number of para-hydroxylation sites is 1. The van der Waals surface area contributed by atoms with E-state index in [1.54, 1.807) is 7.11 Å². The average molecular weight is 339 g/mol. The standard InChI is InChI=1S/C21H25NO3/c1-15(17-10-5-6-12-19(17)24-2)22-21(23)14-25-20-13-7-9-16-8-3-4-11-18(16)20/h5-7,9-10,12-13,15H,3-4,8,11,14H2,1-2H3,(H,22,23). The van der Waals surface area contributed by atoms with Crippen molar-refractivity contribution in [1.82, 2.24) is 5.32 Å². The van der Waals surface area contributed by atoms with Gasteiger partial charge in [-0.1, -0.05) is 30.3 Å². The second-order valence-electron chi connectivity index (χ2n) is 6.42. The average Bonchev–Trinajstić information content (AvgIpc) is 2.66. The second-order valence-corrected chi connectivity index (χ2v) is 6.42. The van der Waals surface area contributed by atoms with Crippen molar-refractivity contribution >= 4 is 5.91 Å². The van der Waals surface area contributed by atoms with E-state index in [2.05, 4.69) is 11.4 Å². The van der Waals surface area contributed by atoms with Gasteiger partial charge in [0.2, 0.25) is 0 Å². The molecule has 0 saturated heterocycles. The molecule has 1 amide bonds. The van der Waals surface area contributed by atoms with Crippen LogP contribution in [0.1, 0.15) is 42.5 Å². The fraction of sp³-hybridized carbons (Fsp3) is 0.381. The van der Waals surface area contributed by atoms with E-state index >= 15 is 0 Å². The Morgan fingerprint density at radius 3 is 2.68 bits per heavy atom. The molecule has 132 valence electrons. The van der Waals surface area contributed by atoms with Crippen molar-refractivity contribution in [2.24, 2.45) is 0 Å². The van der Waals surface area contributed by atoms with Gasteiger partial charge in [-0.2, -0.15) is 0 Å². The largest absolute Gasteiger partial charge is 0.496 e. The van der Waals surface area contributed by atoms with Crippen LogP contribution in [0.2, 0.25) is 0 Å². The van der Waals surface area contributed by atoms with Crippen LogP contribution in [0.4, 0.5) is 0 Å². The van der Waals surface area contributed by atoms with Gasteiger partial charge in [-0.3, -0.25) is 4.79 Å². The Balaban J connectivity index is 1.60. The Bertz CT molecular complexity index is 742. The van der Waals surface area contributed by atoms with Crippen molar-refractivity contribution in [3.63, 3.8) is 0 Å². The highest BCUT2D eigenvalue weighted by atomic mass is 16.5. The molecular weight excluding hydrogens is 314 g/mol. The highest BCUT2D eigenvalue weighted by Crippen LogP contribution is 2.29. The summed E-state index contributed by atoms with van der Waals surface area (Å²) in [6, 6.07) is 13.7. The molecule has 2 aromatic carbocycles. The number of ether oxygens (including phenoxy) is 2. The van der Waals surface area contributed by atoms with E-state index in [0.29, 0.717) is 0 Å². The Kier molecular flexibility index (Phi) is 5.59. The Morgan fingerprint density at radius 2 is 1.84 bits per heavy atom. The normalized spacial score (nSPS) is 14.3. The summed E-state index contributed by atoms with van der Waals surface area (Å²) in [5.41, 5.74) is 3.57. The molecular formula is C21H25NO3. The minimum absolute atomic E-state index is 0.0238. The van der Waals surface area contributed by atoms with Crippen molar-refractivity contribution in [1.29, 1.82) is 0 Å². The lowest BCUT2D eigenvalue weighted by Gasteiger charge is -2.20. The number of rotatable bonds is 6. The lowest BCUT2D eigenvalue weighted by Crippen LogP contribution is -2.31.